The second-order valence-corrected chi connectivity index (χ2v) is 5.11. The van der Waals surface area contributed by atoms with Gasteiger partial charge in [0.25, 0.3) is 0 Å². The molecule has 0 bridgehead atoms. The molecule has 0 spiro atoms. The Morgan fingerprint density at radius 1 is 1.31 bits per heavy atom. The van der Waals surface area contributed by atoms with E-state index in [1.165, 1.54) is 0 Å². The normalized spacial score (nSPS) is 19.6. The molecule has 0 aromatic heterocycles. The van der Waals surface area contributed by atoms with Gasteiger partial charge in [-0.3, -0.25) is 0 Å². The largest absolute Gasteiger partial charge is 0.501 e. The quantitative estimate of drug-likeness (QED) is 0.902. The summed E-state index contributed by atoms with van der Waals surface area (Å²) in [4.78, 5) is 0. The molecule has 1 aromatic rings. The van der Waals surface area contributed by atoms with Gasteiger partial charge in [-0.05, 0) is 43.0 Å². The summed E-state index contributed by atoms with van der Waals surface area (Å²) in [5.41, 5.74) is 0.912. The van der Waals surface area contributed by atoms with Gasteiger partial charge >= 0.3 is 0 Å². The SMILES string of the molecule is CC(O)(C1=COCCC1)c1ccc(Br)cc1. The van der Waals surface area contributed by atoms with Crippen molar-refractivity contribution in [2.75, 3.05) is 6.61 Å². The van der Waals surface area contributed by atoms with E-state index in [4.69, 9.17) is 4.74 Å². The van der Waals surface area contributed by atoms with E-state index in [0.29, 0.717) is 0 Å². The Morgan fingerprint density at radius 2 is 2.00 bits per heavy atom. The average molecular weight is 283 g/mol. The van der Waals surface area contributed by atoms with Gasteiger partial charge in [0.15, 0.2) is 0 Å². The fourth-order valence-corrected chi connectivity index (χ4v) is 2.15. The van der Waals surface area contributed by atoms with Gasteiger partial charge in [0.05, 0.1) is 12.9 Å². The van der Waals surface area contributed by atoms with Crippen molar-refractivity contribution in [3.63, 3.8) is 0 Å². The molecule has 1 aromatic carbocycles. The molecule has 2 rings (SSSR count). The topological polar surface area (TPSA) is 29.5 Å². The van der Waals surface area contributed by atoms with Crippen molar-refractivity contribution in [1.29, 1.82) is 0 Å². The molecule has 1 unspecified atom stereocenters. The van der Waals surface area contributed by atoms with Crippen molar-refractivity contribution in [1.82, 2.24) is 0 Å². The molecule has 0 saturated heterocycles. The highest BCUT2D eigenvalue weighted by Crippen LogP contribution is 2.33. The van der Waals surface area contributed by atoms with E-state index in [2.05, 4.69) is 15.9 Å². The van der Waals surface area contributed by atoms with Crippen LogP contribution in [-0.4, -0.2) is 11.7 Å². The highest BCUT2D eigenvalue weighted by molar-refractivity contribution is 9.10. The number of aliphatic hydroxyl groups is 1. The molecule has 2 nitrogen and oxygen atoms in total. The third-order valence-electron chi connectivity index (χ3n) is 2.97. The molecule has 16 heavy (non-hydrogen) atoms. The molecule has 0 fully saturated rings. The van der Waals surface area contributed by atoms with Crippen molar-refractivity contribution >= 4 is 15.9 Å². The van der Waals surface area contributed by atoms with Crippen LogP contribution in [0, 0.1) is 0 Å². The standard InChI is InChI=1S/C13H15BrO2/c1-13(15,11-3-2-8-16-9-11)10-4-6-12(14)7-5-10/h4-7,9,15H,2-3,8H2,1H3. The van der Waals surface area contributed by atoms with Gasteiger partial charge in [0.1, 0.15) is 5.60 Å². The van der Waals surface area contributed by atoms with Gasteiger partial charge in [-0.2, -0.15) is 0 Å². The number of hydrogen-bond donors (Lipinski definition) is 1. The summed E-state index contributed by atoms with van der Waals surface area (Å²) in [7, 11) is 0. The van der Waals surface area contributed by atoms with Crippen LogP contribution in [0.3, 0.4) is 0 Å². The Balaban J connectivity index is 2.30. The Labute approximate surface area is 104 Å². The van der Waals surface area contributed by atoms with Crippen LogP contribution >= 0.6 is 15.9 Å². The lowest BCUT2D eigenvalue weighted by Gasteiger charge is -2.29. The molecule has 1 atom stereocenters. The first kappa shape index (κ1) is 11.7. The van der Waals surface area contributed by atoms with E-state index in [1.54, 1.807) is 6.26 Å². The molecule has 0 amide bonds. The molecule has 0 saturated carbocycles. The average Bonchev–Trinajstić information content (AvgIpc) is 2.31. The van der Waals surface area contributed by atoms with E-state index in [1.807, 2.05) is 31.2 Å². The lowest BCUT2D eigenvalue weighted by molar-refractivity contribution is 0.0785. The predicted octanol–water partition coefficient (Wildman–Crippen LogP) is 3.35. The molecule has 3 heteroatoms. The Hall–Kier alpha value is -0.800. The smallest absolute Gasteiger partial charge is 0.111 e. The summed E-state index contributed by atoms with van der Waals surface area (Å²) < 4.78 is 6.30. The second-order valence-electron chi connectivity index (χ2n) is 4.20. The third kappa shape index (κ3) is 2.30. The summed E-state index contributed by atoms with van der Waals surface area (Å²) in [6, 6.07) is 7.74. The summed E-state index contributed by atoms with van der Waals surface area (Å²) in [5.74, 6) is 0. The van der Waals surface area contributed by atoms with Crippen LogP contribution < -0.4 is 0 Å². The molecule has 86 valence electrons. The van der Waals surface area contributed by atoms with Gasteiger partial charge in [0, 0.05) is 4.47 Å². The first-order valence-electron chi connectivity index (χ1n) is 5.40. The molecule has 1 aliphatic rings. The maximum atomic E-state index is 10.5. The molecular weight excluding hydrogens is 268 g/mol. The minimum Gasteiger partial charge on any atom is -0.501 e. The summed E-state index contributed by atoms with van der Waals surface area (Å²) in [6.07, 6.45) is 3.56. The molecule has 1 heterocycles. The monoisotopic (exact) mass is 282 g/mol. The Bertz CT molecular complexity index is 393. The van der Waals surface area contributed by atoms with Crippen molar-refractivity contribution in [2.45, 2.75) is 25.4 Å². The number of benzene rings is 1. The molecule has 0 aliphatic carbocycles. The minimum atomic E-state index is -0.929. The van der Waals surface area contributed by atoms with Crippen molar-refractivity contribution in [3.05, 3.63) is 46.1 Å². The number of ether oxygens (including phenoxy) is 1. The minimum absolute atomic E-state index is 0.750. The van der Waals surface area contributed by atoms with Gasteiger partial charge in [-0.1, -0.05) is 28.1 Å². The van der Waals surface area contributed by atoms with Crippen molar-refractivity contribution < 1.29 is 9.84 Å². The van der Waals surface area contributed by atoms with Gasteiger partial charge in [-0.15, -0.1) is 0 Å². The zero-order valence-electron chi connectivity index (χ0n) is 9.24. The van der Waals surface area contributed by atoms with Crippen LogP contribution in [0.25, 0.3) is 0 Å². The predicted molar refractivity (Wildman–Crippen MR) is 67.0 cm³/mol. The van der Waals surface area contributed by atoms with Crippen molar-refractivity contribution in [2.24, 2.45) is 0 Å². The Morgan fingerprint density at radius 3 is 2.56 bits per heavy atom. The third-order valence-corrected chi connectivity index (χ3v) is 3.49. The molecular formula is C13H15BrO2. The van der Waals surface area contributed by atoms with Crippen LogP contribution in [0.1, 0.15) is 25.3 Å². The Kier molecular flexibility index (Phi) is 3.36. The number of hydrogen-bond acceptors (Lipinski definition) is 2. The van der Waals surface area contributed by atoms with E-state index in [9.17, 15) is 5.11 Å². The summed E-state index contributed by atoms with van der Waals surface area (Å²) in [6.45, 7) is 2.57. The first-order chi connectivity index (χ1) is 7.60. The van der Waals surface area contributed by atoms with E-state index >= 15 is 0 Å². The van der Waals surface area contributed by atoms with Gasteiger partial charge in [0.2, 0.25) is 0 Å². The summed E-state index contributed by atoms with van der Waals surface area (Å²) in [5, 5.41) is 10.5. The number of rotatable bonds is 2. The van der Waals surface area contributed by atoms with Crippen LogP contribution in [0.15, 0.2) is 40.6 Å². The molecule has 1 aliphatic heterocycles. The summed E-state index contributed by atoms with van der Waals surface area (Å²) >= 11 is 3.39. The molecule has 0 radical (unpaired) electrons. The maximum absolute atomic E-state index is 10.5. The van der Waals surface area contributed by atoms with E-state index in [0.717, 1.165) is 35.1 Å². The second kappa shape index (κ2) is 4.60. The zero-order valence-corrected chi connectivity index (χ0v) is 10.8. The van der Waals surface area contributed by atoms with E-state index < -0.39 is 5.60 Å². The maximum Gasteiger partial charge on any atom is 0.111 e. The first-order valence-corrected chi connectivity index (χ1v) is 6.19. The van der Waals surface area contributed by atoms with Crippen molar-refractivity contribution in [3.8, 4) is 0 Å². The molecule has 1 N–H and O–H groups in total. The highest BCUT2D eigenvalue weighted by Gasteiger charge is 2.29. The fourth-order valence-electron chi connectivity index (χ4n) is 1.88. The van der Waals surface area contributed by atoms with Crippen LogP contribution in [0.2, 0.25) is 0 Å². The highest BCUT2D eigenvalue weighted by atomic mass is 79.9. The van der Waals surface area contributed by atoms with Crippen LogP contribution in [-0.2, 0) is 10.3 Å². The zero-order chi connectivity index (χ0) is 11.6. The van der Waals surface area contributed by atoms with Gasteiger partial charge in [-0.25, -0.2) is 0 Å². The van der Waals surface area contributed by atoms with Crippen LogP contribution in [0.4, 0.5) is 0 Å². The fraction of sp³-hybridized carbons (Fsp3) is 0.385. The lowest BCUT2D eigenvalue weighted by atomic mass is 9.86. The van der Waals surface area contributed by atoms with Crippen LogP contribution in [0.5, 0.6) is 0 Å². The lowest BCUT2D eigenvalue weighted by Crippen LogP contribution is -2.26. The van der Waals surface area contributed by atoms with Gasteiger partial charge < -0.3 is 9.84 Å². The number of halogens is 1. The van der Waals surface area contributed by atoms with E-state index in [-0.39, 0.29) is 0 Å².